The number of hydrogen-bond acceptors (Lipinski definition) is 5. The van der Waals surface area contributed by atoms with Gasteiger partial charge in [0.2, 0.25) is 0 Å². The Balaban J connectivity index is 0. The molecule has 0 N–H and O–H groups in total. The van der Waals surface area contributed by atoms with E-state index in [0.29, 0.717) is 0 Å². The van der Waals surface area contributed by atoms with Gasteiger partial charge in [0.1, 0.15) is 10.1 Å². The van der Waals surface area contributed by atoms with Crippen LogP contribution in [0.4, 0.5) is 0 Å². The van der Waals surface area contributed by atoms with Gasteiger partial charge >= 0.3 is 57.4 Å². The Morgan fingerprint density at radius 1 is 1.57 bits per heavy atom. The predicted molar refractivity (Wildman–Crippen MR) is 44.4 cm³/mol. The summed E-state index contributed by atoms with van der Waals surface area (Å²) in [6, 6.07) is 0. The number of ether oxygens (including phenoxy) is 1. The van der Waals surface area contributed by atoms with E-state index in [2.05, 4.69) is 11.3 Å². The largest absolute Gasteiger partial charge is 1.00 e. The van der Waals surface area contributed by atoms with Crippen molar-refractivity contribution in [1.29, 1.82) is 0 Å². The standard InChI is InChI=1S/C7H10O5S.K/c1-3-7(8)12-5-4-6(2)13(9,10)11;/h4-5H,2-3H2,1H3,(H,9,10,11);/q;+1/p-1. The van der Waals surface area contributed by atoms with E-state index in [1.54, 1.807) is 6.92 Å². The molecule has 0 bridgehead atoms. The van der Waals surface area contributed by atoms with Crippen LogP contribution >= 0.6 is 0 Å². The molecule has 0 saturated carbocycles. The summed E-state index contributed by atoms with van der Waals surface area (Å²) in [7, 11) is -4.53. The molecule has 0 aliphatic carbocycles. The number of allylic oxidation sites excluding steroid dienone is 1. The SMILES string of the molecule is C=C(C=COC(=O)CC)S(=O)(=O)[O-].[K+]. The summed E-state index contributed by atoms with van der Waals surface area (Å²) in [5, 5.41) is 0. The average Bonchev–Trinajstić information content (AvgIpc) is 2.02. The molecule has 0 fully saturated rings. The second kappa shape index (κ2) is 7.74. The van der Waals surface area contributed by atoms with Crippen LogP contribution in [0.2, 0.25) is 0 Å². The minimum atomic E-state index is -4.53. The average molecular weight is 244 g/mol. The molecule has 0 aliphatic rings. The van der Waals surface area contributed by atoms with Crippen LogP contribution in [0, 0.1) is 0 Å². The summed E-state index contributed by atoms with van der Waals surface area (Å²) in [4.78, 5) is 9.87. The molecular weight excluding hydrogens is 235 g/mol. The molecule has 0 saturated heterocycles. The smallest absolute Gasteiger partial charge is 0.744 e. The van der Waals surface area contributed by atoms with Gasteiger partial charge in [0.15, 0.2) is 0 Å². The van der Waals surface area contributed by atoms with Crippen molar-refractivity contribution in [3.05, 3.63) is 23.8 Å². The van der Waals surface area contributed by atoms with Crippen molar-refractivity contribution in [2.45, 2.75) is 13.3 Å². The molecule has 0 heterocycles. The third-order valence-corrected chi connectivity index (χ3v) is 1.84. The second-order valence-electron chi connectivity index (χ2n) is 2.07. The van der Waals surface area contributed by atoms with Crippen LogP contribution in [-0.2, 0) is 19.6 Å². The molecule has 7 heteroatoms. The van der Waals surface area contributed by atoms with Crippen LogP contribution in [0.5, 0.6) is 0 Å². The summed E-state index contributed by atoms with van der Waals surface area (Å²) in [5.74, 6) is -0.521. The van der Waals surface area contributed by atoms with Crippen LogP contribution in [0.15, 0.2) is 23.8 Å². The van der Waals surface area contributed by atoms with Crippen molar-refractivity contribution in [3.8, 4) is 0 Å². The van der Waals surface area contributed by atoms with Crippen LogP contribution in [-0.4, -0.2) is 18.9 Å². The van der Waals surface area contributed by atoms with Gasteiger partial charge in [0.25, 0.3) is 0 Å². The zero-order valence-electron chi connectivity index (χ0n) is 8.02. The molecule has 0 radical (unpaired) electrons. The van der Waals surface area contributed by atoms with E-state index in [4.69, 9.17) is 0 Å². The molecule has 0 atom stereocenters. The first-order valence-electron chi connectivity index (χ1n) is 3.38. The Bertz CT molecular complexity index is 330. The fourth-order valence-corrected chi connectivity index (χ4v) is 0.575. The normalized spacial score (nSPS) is 10.7. The van der Waals surface area contributed by atoms with Gasteiger partial charge in [0.05, 0.1) is 11.2 Å². The topological polar surface area (TPSA) is 83.5 Å². The Morgan fingerprint density at radius 3 is 2.43 bits per heavy atom. The van der Waals surface area contributed by atoms with E-state index in [0.717, 1.165) is 12.3 Å². The van der Waals surface area contributed by atoms with Gasteiger partial charge in [0, 0.05) is 6.42 Å². The third kappa shape index (κ3) is 7.86. The van der Waals surface area contributed by atoms with Gasteiger partial charge in [-0.3, -0.25) is 4.79 Å². The number of carbonyl (C=O) groups excluding carboxylic acids is 1. The number of hydrogen-bond donors (Lipinski definition) is 0. The molecule has 0 rings (SSSR count). The molecule has 0 unspecified atom stereocenters. The minimum absolute atomic E-state index is 0. The molecule has 0 aliphatic heterocycles. The second-order valence-corrected chi connectivity index (χ2v) is 3.50. The van der Waals surface area contributed by atoms with E-state index in [9.17, 15) is 17.8 Å². The molecule has 0 aromatic heterocycles. The summed E-state index contributed by atoms with van der Waals surface area (Å²) in [6.07, 6.45) is 1.82. The van der Waals surface area contributed by atoms with Crippen molar-refractivity contribution in [1.82, 2.24) is 0 Å². The van der Waals surface area contributed by atoms with E-state index in [1.807, 2.05) is 0 Å². The Kier molecular flexibility index (Phi) is 9.35. The van der Waals surface area contributed by atoms with Crippen molar-refractivity contribution in [2.24, 2.45) is 0 Å². The van der Waals surface area contributed by atoms with Gasteiger partial charge in [-0.05, 0) is 6.08 Å². The molecule has 0 aromatic carbocycles. The molecule has 5 nitrogen and oxygen atoms in total. The monoisotopic (exact) mass is 244 g/mol. The quantitative estimate of drug-likeness (QED) is 0.180. The fraction of sp³-hybridized carbons (Fsp3) is 0.286. The molecular formula is C7H9KO5S. The zero-order valence-corrected chi connectivity index (χ0v) is 12.0. The van der Waals surface area contributed by atoms with Gasteiger partial charge in [-0.15, -0.1) is 0 Å². The minimum Gasteiger partial charge on any atom is -0.744 e. The third-order valence-electron chi connectivity index (χ3n) is 1.06. The Labute approximate surface area is 125 Å². The molecule has 0 amide bonds. The van der Waals surface area contributed by atoms with E-state index >= 15 is 0 Å². The maximum absolute atomic E-state index is 10.5. The van der Waals surface area contributed by atoms with Crippen LogP contribution in [0.3, 0.4) is 0 Å². The van der Waals surface area contributed by atoms with Gasteiger partial charge in [-0.2, -0.15) is 0 Å². The van der Waals surface area contributed by atoms with Crippen LogP contribution in [0.1, 0.15) is 13.3 Å². The van der Waals surface area contributed by atoms with E-state index in [1.165, 1.54) is 0 Å². The first-order chi connectivity index (χ1) is 5.88. The summed E-state index contributed by atoms with van der Waals surface area (Å²) < 4.78 is 35.1. The predicted octanol–water partition coefficient (Wildman–Crippen LogP) is -2.48. The maximum Gasteiger partial charge on any atom is 1.00 e. The summed E-state index contributed by atoms with van der Waals surface area (Å²) in [6.45, 7) is 4.55. The van der Waals surface area contributed by atoms with Crippen molar-refractivity contribution in [2.75, 3.05) is 0 Å². The number of rotatable bonds is 4. The fourth-order valence-electron chi connectivity index (χ4n) is 0.352. The summed E-state index contributed by atoms with van der Waals surface area (Å²) >= 11 is 0. The maximum atomic E-state index is 10.5. The van der Waals surface area contributed by atoms with Gasteiger partial charge in [-0.25, -0.2) is 8.42 Å². The van der Waals surface area contributed by atoms with Crippen molar-refractivity contribution >= 4 is 16.1 Å². The Morgan fingerprint density at radius 2 is 2.07 bits per heavy atom. The van der Waals surface area contributed by atoms with E-state index in [-0.39, 0.29) is 57.8 Å². The Hall–Kier alpha value is 0.496. The molecule has 0 aromatic rings. The zero-order chi connectivity index (χ0) is 10.5. The van der Waals surface area contributed by atoms with Gasteiger partial charge in [-0.1, -0.05) is 13.5 Å². The van der Waals surface area contributed by atoms with Gasteiger partial charge < -0.3 is 9.29 Å². The summed E-state index contributed by atoms with van der Waals surface area (Å²) in [5.41, 5.74) is 0. The first kappa shape index (κ1) is 16.9. The van der Waals surface area contributed by atoms with Crippen molar-refractivity contribution < 1.29 is 73.9 Å². The first-order valence-corrected chi connectivity index (χ1v) is 4.79. The number of carbonyl (C=O) groups is 1. The van der Waals surface area contributed by atoms with E-state index < -0.39 is 21.0 Å². The molecule has 0 spiro atoms. The molecule has 14 heavy (non-hydrogen) atoms. The van der Waals surface area contributed by atoms with Crippen LogP contribution < -0.4 is 51.4 Å². The molecule has 74 valence electrons. The number of esters is 1. The van der Waals surface area contributed by atoms with Crippen LogP contribution in [0.25, 0.3) is 0 Å². The van der Waals surface area contributed by atoms with Crippen molar-refractivity contribution in [3.63, 3.8) is 0 Å².